The Morgan fingerprint density at radius 3 is 2.56 bits per heavy atom. The van der Waals surface area contributed by atoms with E-state index in [1.807, 2.05) is 0 Å². The molecule has 0 aromatic heterocycles. The Kier molecular flexibility index (Phi) is 1.62. The van der Waals surface area contributed by atoms with E-state index in [0.717, 1.165) is 0 Å². The molecule has 0 heterocycles. The summed E-state index contributed by atoms with van der Waals surface area (Å²) in [5, 5.41) is 0. The predicted octanol–water partition coefficient (Wildman–Crippen LogP) is -0.364. The molecule has 50 valence electrons. The first-order valence-electron chi connectivity index (χ1n) is 3.00. The van der Waals surface area contributed by atoms with Crippen LogP contribution in [-0.2, 0) is 9.59 Å². The summed E-state index contributed by atoms with van der Waals surface area (Å²) >= 11 is 0. The van der Waals surface area contributed by atoms with Gasteiger partial charge in [0.1, 0.15) is 5.78 Å². The maximum atomic E-state index is 10.7. The van der Waals surface area contributed by atoms with Gasteiger partial charge in [-0.1, -0.05) is 0 Å². The molecule has 1 atom stereocenters. The van der Waals surface area contributed by atoms with Crippen LogP contribution in [-0.4, -0.2) is 17.6 Å². The molecule has 3 heteroatoms. The maximum Gasteiger partial charge on any atom is 0.156 e. The molecule has 0 radical (unpaired) electrons. The SMILES string of the molecule is NC1CCC(=O)CC1=O. The molecule has 1 rings (SSSR count). The molecule has 0 bridgehead atoms. The van der Waals surface area contributed by atoms with Gasteiger partial charge < -0.3 is 5.73 Å². The van der Waals surface area contributed by atoms with Gasteiger partial charge in [0.15, 0.2) is 5.78 Å². The molecule has 0 amide bonds. The lowest BCUT2D eigenvalue weighted by Gasteiger charge is -2.13. The molecule has 0 saturated heterocycles. The van der Waals surface area contributed by atoms with Gasteiger partial charge in [0.2, 0.25) is 0 Å². The highest BCUT2D eigenvalue weighted by Crippen LogP contribution is 2.08. The quantitative estimate of drug-likeness (QED) is 0.452. The molecule has 1 fully saturated rings. The van der Waals surface area contributed by atoms with E-state index in [2.05, 4.69) is 0 Å². The minimum atomic E-state index is -0.373. The molecule has 1 unspecified atom stereocenters. The second kappa shape index (κ2) is 2.27. The lowest BCUT2D eigenvalue weighted by molar-refractivity contribution is -0.130. The lowest BCUT2D eigenvalue weighted by atomic mass is 9.94. The van der Waals surface area contributed by atoms with Gasteiger partial charge in [0, 0.05) is 6.42 Å². The fourth-order valence-electron chi connectivity index (χ4n) is 0.891. The minimum absolute atomic E-state index is 0.0294. The topological polar surface area (TPSA) is 60.2 Å². The van der Waals surface area contributed by atoms with Crippen molar-refractivity contribution in [2.75, 3.05) is 0 Å². The number of hydrogen-bond donors (Lipinski definition) is 1. The first-order valence-corrected chi connectivity index (χ1v) is 3.00. The van der Waals surface area contributed by atoms with Gasteiger partial charge in [-0.05, 0) is 6.42 Å². The zero-order valence-corrected chi connectivity index (χ0v) is 5.09. The Hall–Kier alpha value is -0.700. The first-order chi connectivity index (χ1) is 4.20. The highest BCUT2D eigenvalue weighted by atomic mass is 16.1. The number of ketones is 2. The second-order valence-corrected chi connectivity index (χ2v) is 2.33. The van der Waals surface area contributed by atoms with Gasteiger partial charge in [-0.3, -0.25) is 9.59 Å². The highest BCUT2D eigenvalue weighted by molar-refractivity contribution is 6.03. The van der Waals surface area contributed by atoms with Crippen molar-refractivity contribution in [3.8, 4) is 0 Å². The molecule has 0 aliphatic heterocycles. The number of carbonyl (C=O) groups is 2. The molecule has 1 aliphatic carbocycles. The fraction of sp³-hybridized carbons (Fsp3) is 0.667. The average molecular weight is 127 g/mol. The smallest absolute Gasteiger partial charge is 0.156 e. The van der Waals surface area contributed by atoms with E-state index in [4.69, 9.17) is 5.73 Å². The summed E-state index contributed by atoms with van der Waals surface area (Å²) in [6.45, 7) is 0. The number of rotatable bonds is 0. The third kappa shape index (κ3) is 1.36. The Morgan fingerprint density at radius 2 is 2.11 bits per heavy atom. The molecule has 0 aromatic carbocycles. The zero-order chi connectivity index (χ0) is 6.85. The Bertz CT molecular complexity index is 153. The normalized spacial score (nSPS) is 28.8. The van der Waals surface area contributed by atoms with Crippen molar-refractivity contribution in [1.82, 2.24) is 0 Å². The van der Waals surface area contributed by atoms with E-state index in [9.17, 15) is 9.59 Å². The van der Waals surface area contributed by atoms with E-state index >= 15 is 0 Å². The van der Waals surface area contributed by atoms with Crippen LogP contribution in [0.1, 0.15) is 19.3 Å². The molecular formula is C6H9NO2. The van der Waals surface area contributed by atoms with Crippen LogP contribution in [0.3, 0.4) is 0 Å². The van der Waals surface area contributed by atoms with Gasteiger partial charge in [-0.25, -0.2) is 0 Å². The lowest BCUT2D eigenvalue weighted by Crippen LogP contribution is -2.36. The monoisotopic (exact) mass is 127 g/mol. The summed E-state index contributed by atoms with van der Waals surface area (Å²) in [6.07, 6.45) is 1.08. The van der Waals surface area contributed by atoms with E-state index in [-0.39, 0.29) is 24.0 Å². The molecular weight excluding hydrogens is 118 g/mol. The third-order valence-corrected chi connectivity index (χ3v) is 1.52. The van der Waals surface area contributed by atoms with Gasteiger partial charge >= 0.3 is 0 Å². The maximum absolute atomic E-state index is 10.7. The molecule has 9 heavy (non-hydrogen) atoms. The molecule has 0 spiro atoms. The standard InChI is InChI=1S/C6H9NO2/c7-5-2-1-4(8)3-6(5)9/h5H,1-3,7H2. The van der Waals surface area contributed by atoms with E-state index in [0.29, 0.717) is 12.8 Å². The van der Waals surface area contributed by atoms with Crippen LogP contribution in [0.4, 0.5) is 0 Å². The van der Waals surface area contributed by atoms with E-state index < -0.39 is 0 Å². The van der Waals surface area contributed by atoms with Crippen molar-refractivity contribution in [2.24, 2.45) is 5.73 Å². The van der Waals surface area contributed by atoms with Gasteiger partial charge in [0.25, 0.3) is 0 Å². The summed E-state index contributed by atoms with van der Waals surface area (Å²) in [6, 6.07) is -0.373. The average Bonchev–Trinajstić information content (AvgIpc) is 1.80. The summed E-state index contributed by atoms with van der Waals surface area (Å²) in [4.78, 5) is 21.2. The third-order valence-electron chi connectivity index (χ3n) is 1.52. The molecule has 2 N–H and O–H groups in total. The van der Waals surface area contributed by atoms with E-state index in [1.54, 1.807) is 0 Å². The summed E-state index contributed by atoms with van der Waals surface area (Å²) < 4.78 is 0. The van der Waals surface area contributed by atoms with Crippen molar-refractivity contribution in [3.05, 3.63) is 0 Å². The number of hydrogen-bond acceptors (Lipinski definition) is 3. The first kappa shape index (κ1) is 6.42. The van der Waals surface area contributed by atoms with Gasteiger partial charge in [-0.2, -0.15) is 0 Å². The van der Waals surface area contributed by atoms with Gasteiger partial charge in [0.05, 0.1) is 12.5 Å². The van der Waals surface area contributed by atoms with Crippen LogP contribution < -0.4 is 5.73 Å². The van der Waals surface area contributed by atoms with Crippen molar-refractivity contribution in [2.45, 2.75) is 25.3 Å². The van der Waals surface area contributed by atoms with Crippen molar-refractivity contribution in [3.63, 3.8) is 0 Å². The second-order valence-electron chi connectivity index (χ2n) is 2.33. The van der Waals surface area contributed by atoms with Crippen LogP contribution in [0.15, 0.2) is 0 Å². The van der Waals surface area contributed by atoms with Crippen LogP contribution >= 0.6 is 0 Å². The van der Waals surface area contributed by atoms with Crippen LogP contribution in [0.2, 0.25) is 0 Å². The Morgan fingerprint density at radius 1 is 1.44 bits per heavy atom. The minimum Gasteiger partial charge on any atom is -0.321 e. The molecule has 0 aromatic rings. The summed E-state index contributed by atoms with van der Waals surface area (Å²) in [7, 11) is 0. The highest BCUT2D eigenvalue weighted by Gasteiger charge is 2.22. The predicted molar refractivity (Wildman–Crippen MR) is 31.8 cm³/mol. The molecule has 1 saturated carbocycles. The van der Waals surface area contributed by atoms with Gasteiger partial charge in [-0.15, -0.1) is 0 Å². The Labute approximate surface area is 53.2 Å². The summed E-state index contributed by atoms with van der Waals surface area (Å²) in [5.74, 6) is -0.0760. The fourth-order valence-corrected chi connectivity index (χ4v) is 0.891. The zero-order valence-electron chi connectivity index (χ0n) is 5.09. The Balaban J connectivity index is 2.54. The molecule has 1 aliphatic rings. The van der Waals surface area contributed by atoms with Crippen molar-refractivity contribution < 1.29 is 9.59 Å². The van der Waals surface area contributed by atoms with Crippen LogP contribution in [0.25, 0.3) is 0 Å². The van der Waals surface area contributed by atoms with Crippen LogP contribution in [0.5, 0.6) is 0 Å². The van der Waals surface area contributed by atoms with Crippen molar-refractivity contribution in [1.29, 1.82) is 0 Å². The molecule has 3 nitrogen and oxygen atoms in total. The van der Waals surface area contributed by atoms with Crippen molar-refractivity contribution >= 4 is 11.6 Å². The van der Waals surface area contributed by atoms with Crippen LogP contribution in [0, 0.1) is 0 Å². The van der Waals surface area contributed by atoms with E-state index in [1.165, 1.54) is 0 Å². The number of carbonyl (C=O) groups excluding carboxylic acids is 2. The summed E-state index contributed by atoms with van der Waals surface area (Å²) in [5.41, 5.74) is 5.34. The largest absolute Gasteiger partial charge is 0.321 e. The number of nitrogens with two attached hydrogens (primary N) is 1. The number of Topliss-reactive ketones (excluding diaryl/α,β-unsaturated/α-hetero) is 2.